The highest BCUT2D eigenvalue weighted by atomic mass is 16.5. The van der Waals surface area contributed by atoms with Crippen molar-refractivity contribution in [3.63, 3.8) is 0 Å². The molecule has 2 rings (SSSR count). The van der Waals surface area contributed by atoms with Crippen LogP contribution in [0.3, 0.4) is 0 Å². The fraction of sp³-hybridized carbons (Fsp3) is 0.368. The third kappa shape index (κ3) is 4.52. The maximum Gasteiger partial charge on any atom is 0.119 e. The third-order valence-corrected chi connectivity index (χ3v) is 3.61. The van der Waals surface area contributed by atoms with Gasteiger partial charge in [-0.15, -0.1) is 0 Å². The number of aryl methyl sites for hydroxylation is 2. The van der Waals surface area contributed by atoms with Gasteiger partial charge in [-0.3, -0.25) is 0 Å². The van der Waals surface area contributed by atoms with Crippen LogP contribution in [0, 0.1) is 13.8 Å². The Bertz CT molecular complexity index is 573. The highest BCUT2D eigenvalue weighted by molar-refractivity contribution is 5.44. The van der Waals surface area contributed by atoms with E-state index in [4.69, 9.17) is 4.74 Å². The van der Waals surface area contributed by atoms with Gasteiger partial charge in [0.05, 0.1) is 0 Å². The predicted octanol–water partition coefficient (Wildman–Crippen LogP) is 4.92. The molecule has 0 unspecified atom stereocenters. The lowest BCUT2D eigenvalue weighted by Crippen LogP contribution is -2.11. The minimum atomic E-state index is 0.558. The van der Waals surface area contributed by atoms with Gasteiger partial charge in [-0.25, -0.2) is 0 Å². The molecule has 0 heterocycles. The summed E-state index contributed by atoms with van der Waals surface area (Å²) in [5.41, 5.74) is 5.10. The van der Waals surface area contributed by atoms with E-state index in [1.807, 2.05) is 0 Å². The summed E-state index contributed by atoms with van der Waals surface area (Å²) in [5.74, 6) is 1.50. The molecule has 0 saturated carbocycles. The molecule has 0 spiro atoms. The first kappa shape index (κ1) is 15.4. The number of benzene rings is 2. The lowest BCUT2D eigenvalue weighted by Gasteiger charge is -2.13. The summed E-state index contributed by atoms with van der Waals surface area (Å²) < 4.78 is 5.80. The molecule has 0 aliphatic heterocycles. The Morgan fingerprint density at radius 3 is 2.33 bits per heavy atom. The molecule has 0 aromatic heterocycles. The molecule has 2 aromatic rings. The predicted molar refractivity (Wildman–Crippen MR) is 90.4 cm³/mol. The van der Waals surface area contributed by atoms with Crippen molar-refractivity contribution in [2.75, 3.05) is 18.5 Å². The number of ether oxygens (including phenoxy) is 1. The van der Waals surface area contributed by atoms with E-state index in [0.717, 1.165) is 18.0 Å². The standard InChI is InChI=1S/C19H25NO/c1-14(2)19-10-9-18(13-16(19)4)21-12-11-20-17-7-5-15(3)6-8-17/h5-10,13-14,20H,11-12H2,1-4H3. The second-order valence-corrected chi connectivity index (χ2v) is 5.81. The van der Waals surface area contributed by atoms with Crippen LogP contribution in [0.5, 0.6) is 5.75 Å². The summed E-state index contributed by atoms with van der Waals surface area (Å²) in [6.45, 7) is 10.1. The van der Waals surface area contributed by atoms with E-state index in [9.17, 15) is 0 Å². The molecule has 21 heavy (non-hydrogen) atoms. The van der Waals surface area contributed by atoms with Crippen LogP contribution in [0.25, 0.3) is 0 Å². The van der Waals surface area contributed by atoms with Gasteiger partial charge in [0.1, 0.15) is 12.4 Å². The summed E-state index contributed by atoms with van der Waals surface area (Å²) in [6.07, 6.45) is 0. The van der Waals surface area contributed by atoms with E-state index in [0.29, 0.717) is 12.5 Å². The largest absolute Gasteiger partial charge is 0.492 e. The molecule has 1 N–H and O–H groups in total. The fourth-order valence-corrected chi connectivity index (χ4v) is 2.42. The highest BCUT2D eigenvalue weighted by Gasteiger charge is 2.04. The van der Waals surface area contributed by atoms with Crippen molar-refractivity contribution in [3.8, 4) is 5.75 Å². The number of rotatable bonds is 6. The van der Waals surface area contributed by atoms with Crippen LogP contribution in [-0.4, -0.2) is 13.2 Å². The van der Waals surface area contributed by atoms with Crippen molar-refractivity contribution in [1.29, 1.82) is 0 Å². The molecule has 0 bridgehead atoms. The average molecular weight is 283 g/mol. The van der Waals surface area contributed by atoms with Crippen LogP contribution in [-0.2, 0) is 0 Å². The Balaban J connectivity index is 1.81. The maximum atomic E-state index is 5.80. The second kappa shape index (κ2) is 7.16. The molecule has 0 aliphatic rings. The van der Waals surface area contributed by atoms with Gasteiger partial charge in [0.25, 0.3) is 0 Å². The van der Waals surface area contributed by atoms with Crippen molar-refractivity contribution in [2.45, 2.75) is 33.6 Å². The first-order valence-electron chi connectivity index (χ1n) is 7.60. The van der Waals surface area contributed by atoms with Gasteiger partial charge in [0.2, 0.25) is 0 Å². The zero-order valence-corrected chi connectivity index (χ0v) is 13.4. The third-order valence-electron chi connectivity index (χ3n) is 3.61. The Morgan fingerprint density at radius 1 is 1.00 bits per heavy atom. The van der Waals surface area contributed by atoms with Crippen LogP contribution in [0.15, 0.2) is 42.5 Å². The van der Waals surface area contributed by atoms with Crippen molar-refractivity contribution >= 4 is 5.69 Å². The molecule has 2 aromatic carbocycles. The highest BCUT2D eigenvalue weighted by Crippen LogP contribution is 2.23. The van der Waals surface area contributed by atoms with Gasteiger partial charge < -0.3 is 10.1 Å². The SMILES string of the molecule is Cc1ccc(NCCOc2ccc(C(C)C)c(C)c2)cc1. The Hall–Kier alpha value is -1.96. The number of nitrogens with one attached hydrogen (secondary N) is 1. The topological polar surface area (TPSA) is 21.3 Å². The normalized spacial score (nSPS) is 10.7. The molecule has 0 radical (unpaired) electrons. The molecule has 0 aliphatic carbocycles. The van der Waals surface area contributed by atoms with Crippen molar-refractivity contribution in [1.82, 2.24) is 0 Å². The van der Waals surface area contributed by atoms with E-state index < -0.39 is 0 Å². The molecule has 112 valence electrons. The molecular formula is C19H25NO. The van der Waals surface area contributed by atoms with Gasteiger partial charge >= 0.3 is 0 Å². The van der Waals surface area contributed by atoms with Crippen LogP contribution < -0.4 is 10.1 Å². The number of hydrogen-bond donors (Lipinski definition) is 1. The molecule has 0 saturated heterocycles. The van der Waals surface area contributed by atoms with E-state index in [1.165, 1.54) is 16.7 Å². The summed E-state index contributed by atoms with van der Waals surface area (Å²) in [6, 6.07) is 14.8. The molecule has 2 heteroatoms. The average Bonchev–Trinajstić information content (AvgIpc) is 2.45. The lowest BCUT2D eigenvalue weighted by molar-refractivity contribution is 0.332. The van der Waals surface area contributed by atoms with Gasteiger partial charge in [0.15, 0.2) is 0 Å². The zero-order chi connectivity index (χ0) is 15.2. The first-order chi connectivity index (χ1) is 10.1. The van der Waals surface area contributed by atoms with E-state index in [1.54, 1.807) is 0 Å². The Labute approximate surface area is 128 Å². The van der Waals surface area contributed by atoms with Crippen LogP contribution in [0.4, 0.5) is 5.69 Å². The smallest absolute Gasteiger partial charge is 0.119 e. The molecule has 0 fully saturated rings. The zero-order valence-electron chi connectivity index (χ0n) is 13.4. The summed E-state index contributed by atoms with van der Waals surface area (Å²) >= 11 is 0. The molecule has 0 amide bonds. The Kier molecular flexibility index (Phi) is 5.26. The maximum absolute atomic E-state index is 5.80. The monoisotopic (exact) mass is 283 g/mol. The molecular weight excluding hydrogens is 258 g/mol. The van der Waals surface area contributed by atoms with Crippen LogP contribution in [0.2, 0.25) is 0 Å². The summed E-state index contributed by atoms with van der Waals surface area (Å²) in [7, 11) is 0. The molecule has 2 nitrogen and oxygen atoms in total. The van der Waals surface area contributed by atoms with Gasteiger partial charge in [-0.05, 0) is 55.2 Å². The van der Waals surface area contributed by atoms with E-state index in [-0.39, 0.29) is 0 Å². The van der Waals surface area contributed by atoms with Gasteiger partial charge in [-0.2, -0.15) is 0 Å². The number of hydrogen-bond acceptors (Lipinski definition) is 2. The lowest BCUT2D eigenvalue weighted by atomic mass is 9.98. The van der Waals surface area contributed by atoms with E-state index in [2.05, 4.69) is 75.5 Å². The van der Waals surface area contributed by atoms with Crippen LogP contribution in [0.1, 0.15) is 36.5 Å². The Morgan fingerprint density at radius 2 is 1.71 bits per heavy atom. The minimum Gasteiger partial charge on any atom is -0.492 e. The van der Waals surface area contributed by atoms with E-state index >= 15 is 0 Å². The number of anilines is 1. The van der Waals surface area contributed by atoms with Crippen molar-refractivity contribution in [3.05, 3.63) is 59.2 Å². The first-order valence-corrected chi connectivity index (χ1v) is 7.60. The molecule has 0 atom stereocenters. The second-order valence-electron chi connectivity index (χ2n) is 5.81. The van der Waals surface area contributed by atoms with Gasteiger partial charge in [-0.1, -0.05) is 37.6 Å². The van der Waals surface area contributed by atoms with Crippen LogP contribution >= 0.6 is 0 Å². The van der Waals surface area contributed by atoms with Gasteiger partial charge in [0, 0.05) is 12.2 Å². The summed E-state index contributed by atoms with van der Waals surface area (Å²) in [4.78, 5) is 0. The van der Waals surface area contributed by atoms with Crippen molar-refractivity contribution in [2.24, 2.45) is 0 Å². The fourth-order valence-electron chi connectivity index (χ4n) is 2.42. The van der Waals surface area contributed by atoms with Crippen molar-refractivity contribution < 1.29 is 4.74 Å². The minimum absolute atomic E-state index is 0.558. The summed E-state index contributed by atoms with van der Waals surface area (Å²) in [5, 5.41) is 3.36. The quantitative estimate of drug-likeness (QED) is 0.760.